The van der Waals surface area contributed by atoms with Crippen LogP contribution in [0.15, 0.2) is 24.3 Å². The van der Waals surface area contributed by atoms with Crippen molar-refractivity contribution in [3.63, 3.8) is 0 Å². The Morgan fingerprint density at radius 2 is 1.39 bits per heavy atom. The van der Waals surface area contributed by atoms with E-state index in [1.54, 1.807) is 12.1 Å². The molecule has 0 aliphatic rings. The van der Waals surface area contributed by atoms with E-state index in [-0.39, 0.29) is 11.1 Å². The van der Waals surface area contributed by atoms with E-state index < -0.39 is 11.9 Å². The molecule has 0 fully saturated rings. The highest BCUT2D eigenvalue weighted by Gasteiger charge is 2.18. The minimum Gasteiger partial charge on any atom is -0.462 e. The van der Waals surface area contributed by atoms with Crippen molar-refractivity contribution in [1.29, 1.82) is 0 Å². The summed E-state index contributed by atoms with van der Waals surface area (Å²) < 4.78 is 5.22. The second-order valence-electron chi connectivity index (χ2n) is 5.56. The predicted octanol–water partition coefficient (Wildman–Crippen LogP) is 4.01. The van der Waals surface area contributed by atoms with Gasteiger partial charge in [-0.05, 0) is 18.6 Å². The lowest BCUT2D eigenvalue weighted by molar-refractivity contribution is 0.0453. The highest BCUT2D eigenvalue weighted by Crippen LogP contribution is 2.12. The Morgan fingerprint density at radius 1 is 0.870 bits per heavy atom. The van der Waals surface area contributed by atoms with Gasteiger partial charge in [0.1, 0.15) is 0 Å². The number of carbonyl (C=O) groups is 2. The van der Waals surface area contributed by atoms with Gasteiger partial charge in [0.15, 0.2) is 0 Å². The lowest BCUT2D eigenvalue weighted by Crippen LogP contribution is -2.16. The maximum atomic E-state index is 12.0. The first-order valence-corrected chi connectivity index (χ1v) is 8.38. The molecule has 5 nitrogen and oxygen atoms in total. The van der Waals surface area contributed by atoms with E-state index in [4.69, 9.17) is 10.6 Å². The van der Waals surface area contributed by atoms with Crippen molar-refractivity contribution in [3.05, 3.63) is 35.4 Å². The van der Waals surface area contributed by atoms with Gasteiger partial charge in [-0.15, -0.1) is 0 Å². The second-order valence-corrected chi connectivity index (χ2v) is 5.56. The van der Waals surface area contributed by atoms with Crippen molar-refractivity contribution in [3.8, 4) is 0 Å². The number of hydrogen-bond acceptors (Lipinski definition) is 5. The topological polar surface area (TPSA) is 78.6 Å². The number of esters is 1. The predicted molar refractivity (Wildman–Crippen MR) is 88.9 cm³/mol. The van der Waals surface area contributed by atoms with Crippen LogP contribution in [-0.4, -0.2) is 18.5 Å². The van der Waals surface area contributed by atoms with Gasteiger partial charge in [0.25, 0.3) is 0 Å². The van der Waals surface area contributed by atoms with E-state index in [9.17, 15) is 9.59 Å². The number of benzene rings is 1. The quantitative estimate of drug-likeness (QED) is 0.378. The Labute approximate surface area is 138 Å². The highest BCUT2D eigenvalue weighted by molar-refractivity contribution is 6.02. The van der Waals surface area contributed by atoms with Gasteiger partial charge in [-0.25, -0.2) is 9.59 Å². The monoisotopic (exact) mass is 321 g/mol. The van der Waals surface area contributed by atoms with E-state index in [0.717, 1.165) is 19.3 Å². The molecule has 0 saturated carbocycles. The van der Waals surface area contributed by atoms with Gasteiger partial charge in [-0.3, -0.25) is 0 Å². The summed E-state index contributed by atoms with van der Waals surface area (Å²) in [5.41, 5.74) is 0.304. The van der Waals surface area contributed by atoms with Gasteiger partial charge in [-0.1, -0.05) is 64.0 Å². The van der Waals surface area contributed by atoms with E-state index in [0.29, 0.717) is 6.61 Å². The molecule has 0 heterocycles. The minimum atomic E-state index is -0.746. The van der Waals surface area contributed by atoms with Crippen LogP contribution < -0.4 is 5.90 Å². The summed E-state index contributed by atoms with van der Waals surface area (Å²) in [7, 11) is 0. The lowest BCUT2D eigenvalue weighted by Gasteiger charge is -2.08. The second kappa shape index (κ2) is 11.7. The van der Waals surface area contributed by atoms with Gasteiger partial charge < -0.3 is 9.57 Å². The lowest BCUT2D eigenvalue weighted by atomic mass is 10.1. The average molecular weight is 321 g/mol. The van der Waals surface area contributed by atoms with Gasteiger partial charge in [-0.2, -0.15) is 5.90 Å². The summed E-state index contributed by atoms with van der Waals surface area (Å²) >= 11 is 0. The fourth-order valence-corrected chi connectivity index (χ4v) is 2.38. The van der Waals surface area contributed by atoms with Crippen molar-refractivity contribution in [2.24, 2.45) is 5.90 Å². The Bertz CT molecular complexity index is 488. The molecule has 1 aromatic carbocycles. The maximum absolute atomic E-state index is 12.0. The molecule has 2 N–H and O–H groups in total. The first-order valence-electron chi connectivity index (χ1n) is 8.38. The van der Waals surface area contributed by atoms with E-state index in [1.165, 1.54) is 44.2 Å². The molecule has 0 spiro atoms. The van der Waals surface area contributed by atoms with Crippen LogP contribution in [0.2, 0.25) is 0 Å². The standard InChI is InChI=1S/C18H27NO4/c1-2-3-4-5-6-7-8-11-14-22-17(20)15-12-9-10-13-16(15)18(21)23-19/h9-10,12-13H,2-8,11,14,19H2,1H3. The summed E-state index contributed by atoms with van der Waals surface area (Å²) in [6.07, 6.45) is 9.44. The summed E-state index contributed by atoms with van der Waals surface area (Å²) in [6.45, 7) is 2.57. The Kier molecular flexibility index (Phi) is 9.71. The third-order valence-electron chi connectivity index (χ3n) is 3.70. The molecular weight excluding hydrogens is 294 g/mol. The van der Waals surface area contributed by atoms with Gasteiger partial charge >= 0.3 is 11.9 Å². The SMILES string of the molecule is CCCCCCCCCCOC(=O)c1ccccc1C(=O)ON. The van der Waals surface area contributed by atoms with Crippen molar-refractivity contribution in [2.75, 3.05) is 6.61 Å². The molecule has 0 aliphatic heterocycles. The zero-order chi connectivity index (χ0) is 16.9. The summed E-state index contributed by atoms with van der Waals surface area (Å²) in [5.74, 6) is 3.60. The molecule has 0 unspecified atom stereocenters. The average Bonchev–Trinajstić information content (AvgIpc) is 2.59. The Hall–Kier alpha value is -1.88. The fraction of sp³-hybridized carbons (Fsp3) is 0.556. The maximum Gasteiger partial charge on any atom is 0.357 e. The van der Waals surface area contributed by atoms with Crippen LogP contribution in [0.3, 0.4) is 0 Å². The molecule has 1 aromatic rings. The minimum absolute atomic E-state index is 0.121. The van der Waals surface area contributed by atoms with Crippen LogP contribution in [0.1, 0.15) is 79.0 Å². The Morgan fingerprint density at radius 3 is 1.96 bits per heavy atom. The molecule has 128 valence electrons. The summed E-state index contributed by atoms with van der Waals surface area (Å²) in [5, 5.41) is 0. The largest absolute Gasteiger partial charge is 0.462 e. The van der Waals surface area contributed by atoms with Crippen molar-refractivity contribution in [1.82, 2.24) is 0 Å². The normalized spacial score (nSPS) is 10.3. The molecule has 0 bridgehead atoms. The van der Waals surface area contributed by atoms with Crippen LogP contribution in [0, 0.1) is 0 Å². The number of unbranched alkanes of at least 4 members (excludes halogenated alkanes) is 7. The summed E-state index contributed by atoms with van der Waals surface area (Å²) in [6, 6.07) is 6.33. The first kappa shape index (κ1) is 19.2. The molecular formula is C18H27NO4. The third kappa shape index (κ3) is 7.28. The van der Waals surface area contributed by atoms with Gasteiger partial charge in [0.05, 0.1) is 17.7 Å². The van der Waals surface area contributed by atoms with Crippen LogP contribution in [0.5, 0.6) is 0 Å². The van der Waals surface area contributed by atoms with Crippen molar-refractivity contribution >= 4 is 11.9 Å². The van der Waals surface area contributed by atoms with Crippen molar-refractivity contribution in [2.45, 2.75) is 58.3 Å². The molecule has 0 radical (unpaired) electrons. The zero-order valence-corrected chi connectivity index (χ0v) is 13.9. The number of rotatable bonds is 11. The van der Waals surface area contributed by atoms with Crippen LogP contribution in [0.4, 0.5) is 0 Å². The number of carbonyl (C=O) groups excluding carboxylic acids is 2. The van der Waals surface area contributed by atoms with E-state index in [1.807, 2.05) is 0 Å². The highest BCUT2D eigenvalue weighted by atomic mass is 16.7. The van der Waals surface area contributed by atoms with Crippen LogP contribution in [-0.2, 0) is 9.57 Å². The van der Waals surface area contributed by atoms with Gasteiger partial charge in [0.2, 0.25) is 0 Å². The number of hydrogen-bond donors (Lipinski definition) is 1. The Balaban J connectivity index is 2.26. The molecule has 0 saturated heterocycles. The molecule has 23 heavy (non-hydrogen) atoms. The first-order chi connectivity index (χ1) is 11.2. The smallest absolute Gasteiger partial charge is 0.357 e. The third-order valence-corrected chi connectivity index (χ3v) is 3.70. The molecule has 1 rings (SSSR count). The zero-order valence-electron chi connectivity index (χ0n) is 13.9. The number of ether oxygens (including phenoxy) is 1. The van der Waals surface area contributed by atoms with Gasteiger partial charge in [0, 0.05) is 0 Å². The van der Waals surface area contributed by atoms with Crippen molar-refractivity contribution < 1.29 is 19.2 Å². The molecule has 0 aromatic heterocycles. The number of nitrogens with two attached hydrogens (primary N) is 1. The molecule has 5 heteroatoms. The summed E-state index contributed by atoms with van der Waals surface area (Å²) in [4.78, 5) is 27.7. The molecule has 0 amide bonds. The van der Waals surface area contributed by atoms with E-state index >= 15 is 0 Å². The van der Waals surface area contributed by atoms with Crippen LogP contribution >= 0.6 is 0 Å². The van der Waals surface area contributed by atoms with Crippen LogP contribution in [0.25, 0.3) is 0 Å². The molecule has 0 aliphatic carbocycles. The van der Waals surface area contributed by atoms with E-state index in [2.05, 4.69) is 11.8 Å². The molecule has 0 atom stereocenters. The fourth-order valence-electron chi connectivity index (χ4n) is 2.38.